The number of carbonyl (C=O) groups is 1. The zero-order chi connectivity index (χ0) is 16.1. The largest absolute Gasteiger partial charge is 0.325 e. The smallest absolute Gasteiger partial charge is 0.238 e. The van der Waals surface area contributed by atoms with Gasteiger partial charge in [-0.15, -0.1) is 0 Å². The predicted molar refractivity (Wildman–Crippen MR) is 92.7 cm³/mol. The molecule has 0 saturated carbocycles. The van der Waals surface area contributed by atoms with Crippen LogP contribution in [0.3, 0.4) is 0 Å². The lowest BCUT2D eigenvalue weighted by atomic mass is 10.1. The zero-order valence-corrected chi connectivity index (χ0v) is 14.0. The monoisotopic (exact) mass is 336 g/mol. The lowest BCUT2D eigenvalue weighted by Crippen LogP contribution is -2.30. The van der Waals surface area contributed by atoms with Gasteiger partial charge in [0.25, 0.3) is 0 Å². The Hall–Kier alpha value is -1.55. The fourth-order valence-corrected chi connectivity index (χ4v) is 2.69. The Bertz CT molecular complexity index is 673. The van der Waals surface area contributed by atoms with Gasteiger partial charge in [0.2, 0.25) is 5.91 Å². The second-order valence-corrected chi connectivity index (χ2v) is 5.98. The molecule has 0 fully saturated rings. The van der Waals surface area contributed by atoms with E-state index in [1.807, 2.05) is 44.2 Å². The molecule has 0 spiro atoms. The number of benzene rings is 2. The van der Waals surface area contributed by atoms with Crippen LogP contribution in [-0.4, -0.2) is 12.5 Å². The number of anilines is 1. The maximum absolute atomic E-state index is 12.0. The Kier molecular flexibility index (Phi) is 5.83. The van der Waals surface area contributed by atoms with Crippen LogP contribution in [0.15, 0.2) is 42.5 Å². The molecule has 2 N–H and O–H groups in total. The van der Waals surface area contributed by atoms with Crippen molar-refractivity contribution in [2.75, 3.05) is 11.9 Å². The summed E-state index contributed by atoms with van der Waals surface area (Å²) in [4.78, 5) is 12.0. The number of hydrogen-bond donors (Lipinski definition) is 2. The molecule has 5 heteroatoms. The molecule has 3 nitrogen and oxygen atoms in total. The van der Waals surface area contributed by atoms with Gasteiger partial charge in [0.05, 0.1) is 6.54 Å². The van der Waals surface area contributed by atoms with Crippen LogP contribution in [0.4, 0.5) is 5.69 Å². The summed E-state index contributed by atoms with van der Waals surface area (Å²) in [5.74, 6) is -0.0914. The standard InChI is InChI=1S/C17H18Cl2N2O/c1-11-5-3-4-6-16(11)21-17(22)10-20-12(2)14-8-7-13(18)9-15(14)19/h3-9,12,20H,10H2,1-2H3,(H,21,22)/t12-/m1/s1. The van der Waals surface area contributed by atoms with E-state index in [-0.39, 0.29) is 18.5 Å². The molecule has 2 rings (SSSR count). The van der Waals surface area contributed by atoms with Crippen LogP contribution in [0.5, 0.6) is 0 Å². The van der Waals surface area contributed by atoms with E-state index in [4.69, 9.17) is 23.2 Å². The van der Waals surface area contributed by atoms with Crippen molar-refractivity contribution in [3.63, 3.8) is 0 Å². The van der Waals surface area contributed by atoms with Gasteiger partial charge in [-0.2, -0.15) is 0 Å². The van der Waals surface area contributed by atoms with Gasteiger partial charge in [0.1, 0.15) is 0 Å². The van der Waals surface area contributed by atoms with Gasteiger partial charge in [-0.05, 0) is 43.2 Å². The summed E-state index contributed by atoms with van der Waals surface area (Å²) < 4.78 is 0. The molecular formula is C17H18Cl2N2O. The van der Waals surface area contributed by atoms with Crippen molar-refractivity contribution in [1.82, 2.24) is 5.32 Å². The van der Waals surface area contributed by atoms with Gasteiger partial charge >= 0.3 is 0 Å². The number of halogens is 2. The molecule has 0 unspecified atom stereocenters. The van der Waals surface area contributed by atoms with E-state index in [2.05, 4.69) is 10.6 Å². The third-order valence-electron chi connectivity index (χ3n) is 3.42. The summed E-state index contributed by atoms with van der Waals surface area (Å²) >= 11 is 12.1. The first-order chi connectivity index (χ1) is 10.5. The third kappa shape index (κ3) is 4.47. The van der Waals surface area contributed by atoms with E-state index >= 15 is 0 Å². The van der Waals surface area contributed by atoms with Crippen molar-refractivity contribution < 1.29 is 4.79 Å². The Morgan fingerprint density at radius 2 is 1.91 bits per heavy atom. The SMILES string of the molecule is Cc1ccccc1NC(=O)CN[C@H](C)c1ccc(Cl)cc1Cl. The minimum Gasteiger partial charge on any atom is -0.325 e. The number of para-hydroxylation sites is 1. The summed E-state index contributed by atoms with van der Waals surface area (Å²) in [6.07, 6.45) is 0. The van der Waals surface area contributed by atoms with Crippen LogP contribution >= 0.6 is 23.2 Å². The minimum absolute atomic E-state index is 0.0487. The lowest BCUT2D eigenvalue weighted by Gasteiger charge is -2.16. The molecule has 0 aliphatic rings. The molecule has 0 heterocycles. The van der Waals surface area contributed by atoms with E-state index in [9.17, 15) is 4.79 Å². The highest BCUT2D eigenvalue weighted by atomic mass is 35.5. The van der Waals surface area contributed by atoms with Gasteiger partial charge in [0, 0.05) is 21.8 Å². The van der Waals surface area contributed by atoms with E-state index in [0.717, 1.165) is 16.8 Å². The van der Waals surface area contributed by atoms with E-state index in [1.54, 1.807) is 12.1 Å². The molecule has 22 heavy (non-hydrogen) atoms. The Morgan fingerprint density at radius 3 is 2.59 bits per heavy atom. The van der Waals surface area contributed by atoms with E-state index in [1.165, 1.54) is 0 Å². The summed E-state index contributed by atoms with van der Waals surface area (Å²) in [6.45, 7) is 4.11. The van der Waals surface area contributed by atoms with Gasteiger partial charge < -0.3 is 10.6 Å². The average Bonchev–Trinajstić information content (AvgIpc) is 2.47. The molecular weight excluding hydrogens is 319 g/mol. The highest BCUT2D eigenvalue weighted by Gasteiger charge is 2.11. The molecule has 2 aromatic rings. The molecule has 0 bridgehead atoms. The van der Waals surface area contributed by atoms with Crippen LogP contribution < -0.4 is 10.6 Å². The topological polar surface area (TPSA) is 41.1 Å². The number of amides is 1. The first kappa shape index (κ1) is 16.8. The van der Waals surface area contributed by atoms with Crippen molar-refractivity contribution >= 4 is 34.8 Å². The van der Waals surface area contributed by atoms with Gasteiger partial charge in [-0.25, -0.2) is 0 Å². The molecule has 1 amide bonds. The van der Waals surface area contributed by atoms with Crippen LogP contribution in [0.1, 0.15) is 24.1 Å². The second-order valence-electron chi connectivity index (χ2n) is 5.13. The summed E-state index contributed by atoms with van der Waals surface area (Å²) in [5, 5.41) is 7.23. The fraction of sp³-hybridized carbons (Fsp3) is 0.235. The van der Waals surface area contributed by atoms with E-state index < -0.39 is 0 Å². The Balaban J connectivity index is 1.92. The van der Waals surface area contributed by atoms with Crippen LogP contribution in [0.2, 0.25) is 10.0 Å². The molecule has 0 aromatic heterocycles. The van der Waals surface area contributed by atoms with Crippen molar-refractivity contribution in [1.29, 1.82) is 0 Å². The second kappa shape index (κ2) is 7.63. The van der Waals surface area contributed by atoms with Crippen molar-refractivity contribution in [3.8, 4) is 0 Å². The van der Waals surface area contributed by atoms with Crippen molar-refractivity contribution in [2.24, 2.45) is 0 Å². The number of carbonyl (C=O) groups excluding carboxylic acids is 1. The van der Waals surface area contributed by atoms with Crippen LogP contribution in [-0.2, 0) is 4.79 Å². The quantitative estimate of drug-likeness (QED) is 0.838. The molecule has 0 aliphatic carbocycles. The third-order valence-corrected chi connectivity index (χ3v) is 3.98. The number of aryl methyl sites for hydroxylation is 1. The van der Waals surface area contributed by atoms with Gasteiger partial charge in [-0.1, -0.05) is 47.5 Å². The predicted octanol–water partition coefficient (Wildman–Crippen LogP) is 4.59. The number of rotatable bonds is 5. The Morgan fingerprint density at radius 1 is 1.18 bits per heavy atom. The first-order valence-corrected chi connectivity index (χ1v) is 7.77. The normalized spacial score (nSPS) is 12.0. The summed E-state index contributed by atoms with van der Waals surface area (Å²) in [5.41, 5.74) is 2.77. The summed E-state index contributed by atoms with van der Waals surface area (Å²) in [7, 11) is 0. The molecule has 0 saturated heterocycles. The van der Waals surface area contributed by atoms with Gasteiger partial charge in [0.15, 0.2) is 0 Å². The lowest BCUT2D eigenvalue weighted by molar-refractivity contribution is -0.115. The molecule has 0 aliphatic heterocycles. The molecule has 1 atom stereocenters. The first-order valence-electron chi connectivity index (χ1n) is 7.01. The number of hydrogen-bond acceptors (Lipinski definition) is 2. The highest BCUT2D eigenvalue weighted by molar-refractivity contribution is 6.35. The molecule has 2 aromatic carbocycles. The van der Waals surface area contributed by atoms with E-state index in [0.29, 0.717) is 10.0 Å². The minimum atomic E-state index is -0.0914. The van der Waals surface area contributed by atoms with Crippen molar-refractivity contribution in [3.05, 3.63) is 63.6 Å². The summed E-state index contributed by atoms with van der Waals surface area (Å²) in [6, 6.07) is 13.0. The average molecular weight is 337 g/mol. The van der Waals surface area contributed by atoms with Crippen LogP contribution in [0, 0.1) is 6.92 Å². The van der Waals surface area contributed by atoms with Gasteiger partial charge in [-0.3, -0.25) is 4.79 Å². The van der Waals surface area contributed by atoms with Crippen LogP contribution in [0.25, 0.3) is 0 Å². The fourth-order valence-electron chi connectivity index (χ4n) is 2.12. The Labute approximate surface area is 140 Å². The zero-order valence-electron chi connectivity index (χ0n) is 12.5. The van der Waals surface area contributed by atoms with Crippen molar-refractivity contribution in [2.45, 2.75) is 19.9 Å². The maximum atomic E-state index is 12.0. The number of nitrogens with one attached hydrogen (secondary N) is 2. The molecule has 116 valence electrons. The highest BCUT2D eigenvalue weighted by Crippen LogP contribution is 2.25. The maximum Gasteiger partial charge on any atom is 0.238 e. The molecule has 0 radical (unpaired) electrons.